The van der Waals surface area contributed by atoms with Crippen LogP contribution in [0.5, 0.6) is 5.75 Å². The van der Waals surface area contributed by atoms with Gasteiger partial charge in [-0.05, 0) is 12.1 Å². The first-order valence-corrected chi connectivity index (χ1v) is 6.81. The second-order valence-corrected chi connectivity index (χ2v) is 4.79. The van der Waals surface area contributed by atoms with E-state index in [2.05, 4.69) is 9.64 Å². The molecule has 0 unspecified atom stereocenters. The molecule has 0 amide bonds. The monoisotopic (exact) mass is 304 g/mol. The standard InChI is InChI=1S/C14H19F3N2O2/c1-20-10-9-18-5-7-19(8-6-18)11-3-2-4-12(13(11)15)21-14(16)17/h2-4,14H,5-10H2,1H3. The van der Waals surface area contributed by atoms with Gasteiger partial charge in [0.25, 0.3) is 0 Å². The molecule has 1 saturated heterocycles. The highest BCUT2D eigenvalue weighted by Crippen LogP contribution is 2.29. The van der Waals surface area contributed by atoms with Crippen molar-refractivity contribution in [2.24, 2.45) is 0 Å². The maximum Gasteiger partial charge on any atom is 0.387 e. The molecule has 1 aliphatic rings. The van der Waals surface area contributed by atoms with Crippen LogP contribution in [0.4, 0.5) is 18.9 Å². The first-order chi connectivity index (χ1) is 10.1. The van der Waals surface area contributed by atoms with Crippen LogP contribution in [0, 0.1) is 5.82 Å². The minimum absolute atomic E-state index is 0.305. The summed E-state index contributed by atoms with van der Waals surface area (Å²) in [6, 6.07) is 4.31. The Morgan fingerprint density at radius 2 is 1.90 bits per heavy atom. The van der Waals surface area contributed by atoms with Gasteiger partial charge in [-0.25, -0.2) is 4.39 Å². The number of alkyl halides is 2. The van der Waals surface area contributed by atoms with E-state index in [9.17, 15) is 13.2 Å². The second kappa shape index (κ2) is 7.51. The predicted octanol–water partition coefficient (Wildman–Crippen LogP) is 2.20. The maximum atomic E-state index is 14.2. The van der Waals surface area contributed by atoms with E-state index < -0.39 is 18.2 Å². The van der Waals surface area contributed by atoms with Gasteiger partial charge in [0, 0.05) is 39.8 Å². The van der Waals surface area contributed by atoms with E-state index in [-0.39, 0.29) is 0 Å². The molecule has 1 aliphatic heterocycles. The van der Waals surface area contributed by atoms with Crippen LogP contribution in [0.2, 0.25) is 0 Å². The molecule has 4 nitrogen and oxygen atoms in total. The lowest BCUT2D eigenvalue weighted by Crippen LogP contribution is -2.47. The molecule has 0 bridgehead atoms. The van der Waals surface area contributed by atoms with Crippen molar-refractivity contribution in [1.82, 2.24) is 4.90 Å². The number of hydrogen-bond acceptors (Lipinski definition) is 4. The molecular formula is C14H19F3N2O2. The summed E-state index contributed by atoms with van der Waals surface area (Å²) in [5.41, 5.74) is 0.305. The van der Waals surface area contributed by atoms with Crippen molar-refractivity contribution in [3.8, 4) is 5.75 Å². The lowest BCUT2D eigenvalue weighted by Gasteiger charge is -2.36. The van der Waals surface area contributed by atoms with Crippen LogP contribution in [0.15, 0.2) is 18.2 Å². The van der Waals surface area contributed by atoms with Crippen LogP contribution in [0.1, 0.15) is 0 Å². The van der Waals surface area contributed by atoms with Crippen LogP contribution < -0.4 is 9.64 Å². The van der Waals surface area contributed by atoms with Crippen molar-refractivity contribution >= 4 is 5.69 Å². The van der Waals surface area contributed by atoms with Gasteiger partial charge in [0.1, 0.15) is 0 Å². The molecule has 0 saturated carbocycles. The van der Waals surface area contributed by atoms with Gasteiger partial charge >= 0.3 is 6.61 Å². The van der Waals surface area contributed by atoms with E-state index in [0.29, 0.717) is 25.4 Å². The van der Waals surface area contributed by atoms with E-state index >= 15 is 0 Å². The Bertz CT molecular complexity index is 452. The minimum atomic E-state index is -3.03. The van der Waals surface area contributed by atoms with Gasteiger partial charge in [0.05, 0.1) is 12.3 Å². The number of ether oxygens (including phenoxy) is 2. The first kappa shape index (κ1) is 15.9. The van der Waals surface area contributed by atoms with Crippen molar-refractivity contribution in [2.45, 2.75) is 6.61 Å². The quantitative estimate of drug-likeness (QED) is 0.804. The Hall–Kier alpha value is -1.47. The highest BCUT2D eigenvalue weighted by atomic mass is 19.3. The van der Waals surface area contributed by atoms with E-state index in [1.807, 2.05) is 4.90 Å². The molecule has 1 fully saturated rings. The van der Waals surface area contributed by atoms with E-state index in [4.69, 9.17) is 4.74 Å². The summed E-state index contributed by atoms with van der Waals surface area (Å²) in [7, 11) is 1.65. The van der Waals surface area contributed by atoms with Crippen LogP contribution in [-0.4, -0.2) is 58.0 Å². The number of halogens is 3. The molecule has 2 rings (SSSR count). The average molecular weight is 304 g/mol. The number of nitrogens with zero attached hydrogens (tertiary/aromatic N) is 2. The molecule has 1 heterocycles. The Labute approximate surface area is 122 Å². The largest absolute Gasteiger partial charge is 0.432 e. The fourth-order valence-electron chi connectivity index (χ4n) is 2.36. The normalized spacial score (nSPS) is 16.5. The van der Waals surface area contributed by atoms with Crippen LogP contribution in [0.25, 0.3) is 0 Å². The van der Waals surface area contributed by atoms with Crippen molar-refractivity contribution in [3.05, 3.63) is 24.0 Å². The van der Waals surface area contributed by atoms with Crippen molar-refractivity contribution < 1.29 is 22.6 Å². The first-order valence-electron chi connectivity index (χ1n) is 6.81. The maximum absolute atomic E-state index is 14.2. The van der Waals surface area contributed by atoms with E-state index in [1.165, 1.54) is 12.1 Å². The number of rotatable bonds is 6. The summed E-state index contributed by atoms with van der Waals surface area (Å²) in [4.78, 5) is 4.06. The van der Waals surface area contributed by atoms with Gasteiger partial charge in [0.2, 0.25) is 0 Å². The zero-order valence-corrected chi connectivity index (χ0v) is 11.9. The van der Waals surface area contributed by atoms with E-state index in [1.54, 1.807) is 13.2 Å². The fraction of sp³-hybridized carbons (Fsp3) is 0.571. The number of piperazine rings is 1. The second-order valence-electron chi connectivity index (χ2n) is 4.79. The van der Waals surface area contributed by atoms with Gasteiger partial charge in [-0.2, -0.15) is 8.78 Å². The lowest BCUT2D eigenvalue weighted by atomic mass is 10.2. The zero-order chi connectivity index (χ0) is 15.2. The zero-order valence-electron chi connectivity index (χ0n) is 11.9. The molecule has 118 valence electrons. The molecule has 0 radical (unpaired) electrons. The smallest absolute Gasteiger partial charge is 0.387 e. The summed E-state index contributed by atoms with van der Waals surface area (Å²) < 4.78 is 47.8. The molecule has 1 aromatic rings. The lowest BCUT2D eigenvalue weighted by molar-refractivity contribution is -0.0521. The molecule has 0 atom stereocenters. The summed E-state index contributed by atoms with van der Waals surface area (Å²) in [5, 5.41) is 0. The Balaban J connectivity index is 2.00. The van der Waals surface area contributed by atoms with Crippen LogP contribution in [-0.2, 0) is 4.74 Å². The van der Waals surface area contributed by atoms with Gasteiger partial charge < -0.3 is 14.4 Å². The fourth-order valence-corrected chi connectivity index (χ4v) is 2.36. The minimum Gasteiger partial charge on any atom is -0.432 e. The number of benzene rings is 1. The third kappa shape index (κ3) is 4.25. The van der Waals surface area contributed by atoms with Crippen LogP contribution >= 0.6 is 0 Å². The molecular weight excluding hydrogens is 285 g/mol. The van der Waals surface area contributed by atoms with Crippen molar-refractivity contribution in [1.29, 1.82) is 0 Å². The summed E-state index contributed by atoms with van der Waals surface area (Å²) in [6.07, 6.45) is 0. The summed E-state index contributed by atoms with van der Waals surface area (Å²) in [5.74, 6) is -1.15. The number of methoxy groups -OCH3 is 1. The molecule has 21 heavy (non-hydrogen) atoms. The number of hydrogen-bond donors (Lipinski definition) is 0. The van der Waals surface area contributed by atoms with Crippen molar-refractivity contribution in [2.75, 3.05) is 51.3 Å². The average Bonchev–Trinajstić information content (AvgIpc) is 2.47. The highest BCUT2D eigenvalue weighted by Gasteiger charge is 2.21. The van der Waals surface area contributed by atoms with Gasteiger partial charge in [-0.1, -0.05) is 6.07 Å². The van der Waals surface area contributed by atoms with E-state index in [0.717, 1.165) is 19.6 Å². The van der Waals surface area contributed by atoms with Crippen LogP contribution in [0.3, 0.4) is 0 Å². The Kier molecular flexibility index (Phi) is 5.69. The topological polar surface area (TPSA) is 24.9 Å². The molecule has 0 spiro atoms. The van der Waals surface area contributed by atoms with Gasteiger partial charge in [-0.3, -0.25) is 4.90 Å². The SMILES string of the molecule is COCCN1CCN(c2cccc(OC(F)F)c2F)CC1. The van der Waals surface area contributed by atoms with Gasteiger partial charge in [-0.15, -0.1) is 0 Å². The summed E-state index contributed by atoms with van der Waals surface area (Å²) in [6.45, 7) is 1.30. The molecule has 0 N–H and O–H groups in total. The Morgan fingerprint density at radius 3 is 2.52 bits per heavy atom. The third-order valence-electron chi connectivity index (χ3n) is 3.48. The Morgan fingerprint density at radius 1 is 1.19 bits per heavy atom. The van der Waals surface area contributed by atoms with Crippen molar-refractivity contribution in [3.63, 3.8) is 0 Å². The molecule has 1 aromatic carbocycles. The molecule has 0 aliphatic carbocycles. The highest BCUT2D eigenvalue weighted by molar-refractivity contribution is 5.53. The predicted molar refractivity (Wildman–Crippen MR) is 73.6 cm³/mol. The summed E-state index contributed by atoms with van der Waals surface area (Å²) >= 11 is 0. The van der Waals surface area contributed by atoms with Gasteiger partial charge in [0.15, 0.2) is 11.6 Å². The molecule has 0 aromatic heterocycles. The molecule has 7 heteroatoms. The third-order valence-corrected chi connectivity index (χ3v) is 3.48. The number of anilines is 1.